The van der Waals surface area contributed by atoms with Crippen molar-refractivity contribution in [3.63, 3.8) is 0 Å². The largest absolute Gasteiger partial charge is 0.481 e. The van der Waals surface area contributed by atoms with Crippen LogP contribution in [0.2, 0.25) is 0 Å². The van der Waals surface area contributed by atoms with Crippen molar-refractivity contribution in [2.45, 2.75) is 96.4 Å². The third kappa shape index (κ3) is 3.41. The van der Waals surface area contributed by atoms with Crippen LogP contribution in [0.5, 0.6) is 0 Å². The minimum Gasteiger partial charge on any atom is -0.481 e. The molecule has 0 radical (unpaired) electrons. The van der Waals surface area contributed by atoms with Crippen molar-refractivity contribution in [3.8, 4) is 0 Å². The number of hydrogen-bond donors (Lipinski definition) is 4. The van der Waals surface area contributed by atoms with E-state index in [0.717, 1.165) is 32.1 Å². The number of aliphatic hydroxyl groups excluding tert-OH is 2. The lowest BCUT2D eigenvalue weighted by atomic mass is 9.40. The van der Waals surface area contributed by atoms with Crippen LogP contribution in [0, 0.1) is 46.3 Å². The molecule has 0 bridgehead atoms. The molecule has 4 saturated carbocycles. The normalized spacial score (nSPS) is 52.5. The minimum atomic E-state index is -0.975. The molecule has 0 amide bonds. The molecule has 0 aliphatic heterocycles. The van der Waals surface area contributed by atoms with Crippen LogP contribution in [0.1, 0.15) is 78.6 Å². The molecule has 0 aromatic carbocycles. The van der Waals surface area contributed by atoms with Crippen molar-refractivity contribution in [2.75, 3.05) is 0 Å². The first-order chi connectivity index (χ1) is 14.5. The second-order valence-corrected chi connectivity index (χ2v) is 12.0. The Morgan fingerprint density at radius 2 is 1.87 bits per heavy atom. The van der Waals surface area contributed by atoms with Gasteiger partial charge in [-0.3, -0.25) is 4.79 Å². The van der Waals surface area contributed by atoms with Gasteiger partial charge in [0.05, 0.1) is 17.8 Å². The van der Waals surface area contributed by atoms with Crippen LogP contribution in [0.4, 0.5) is 0 Å². The first-order valence-corrected chi connectivity index (χ1v) is 12.4. The highest BCUT2D eigenvalue weighted by Crippen LogP contribution is 2.70. The zero-order chi connectivity index (χ0) is 22.8. The first-order valence-electron chi connectivity index (χ1n) is 12.4. The quantitative estimate of drug-likeness (QED) is 0.490. The molecule has 4 aliphatic rings. The summed E-state index contributed by atoms with van der Waals surface area (Å²) in [6.45, 7) is 10.7. The minimum absolute atomic E-state index is 0.0223. The van der Waals surface area contributed by atoms with Gasteiger partial charge in [-0.2, -0.15) is 0 Å². The Morgan fingerprint density at radius 1 is 1.16 bits per heavy atom. The Morgan fingerprint density at radius 3 is 2.52 bits per heavy atom. The molecule has 176 valence electrons. The van der Waals surface area contributed by atoms with Gasteiger partial charge in [-0.15, -0.1) is 6.58 Å². The zero-order valence-corrected chi connectivity index (χ0v) is 19.5. The molecular weight excluding hydrogens is 392 g/mol. The van der Waals surface area contributed by atoms with Gasteiger partial charge in [-0.25, -0.2) is 0 Å². The molecule has 5 nitrogen and oxygen atoms in total. The number of aliphatic hydroxyl groups is 3. The fraction of sp³-hybridized carbons (Fsp3) is 0.885. The van der Waals surface area contributed by atoms with E-state index in [9.17, 15) is 20.1 Å². The van der Waals surface area contributed by atoms with E-state index >= 15 is 0 Å². The molecule has 0 heterocycles. The molecule has 0 spiro atoms. The highest BCUT2D eigenvalue weighted by molar-refractivity contribution is 5.66. The summed E-state index contributed by atoms with van der Waals surface area (Å²) in [7, 11) is 0. The Kier molecular flexibility index (Phi) is 5.89. The fourth-order valence-corrected chi connectivity index (χ4v) is 9.02. The molecule has 4 fully saturated rings. The molecule has 4 rings (SSSR count). The summed E-state index contributed by atoms with van der Waals surface area (Å²) in [5, 5.41) is 43.0. The monoisotopic (exact) mass is 434 g/mol. The van der Waals surface area contributed by atoms with Gasteiger partial charge in [0.2, 0.25) is 0 Å². The molecule has 0 saturated heterocycles. The second-order valence-electron chi connectivity index (χ2n) is 12.0. The zero-order valence-electron chi connectivity index (χ0n) is 19.5. The van der Waals surface area contributed by atoms with E-state index in [1.807, 2.05) is 0 Å². The number of carboxylic acid groups (broad SMARTS) is 1. The maximum Gasteiger partial charge on any atom is 0.303 e. The van der Waals surface area contributed by atoms with Gasteiger partial charge in [-0.1, -0.05) is 26.8 Å². The van der Waals surface area contributed by atoms with E-state index < -0.39 is 17.7 Å². The van der Waals surface area contributed by atoms with E-state index in [4.69, 9.17) is 5.11 Å². The number of rotatable bonds is 5. The summed E-state index contributed by atoms with van der Waals surface area (Å²) < 4.78 is 0. The van der Waals surface area contributed by atoms with Gasteiger partial charge >= 0.3 is 5.97 Å². The lowest BCUT2D eigenvalue weighted by molar-refractivity contribution is -0.228. The number of hydrogen-bond acceptors (Lipinski definition) is 4. The Labute approximate surface area is 186 Å². The average molecular weight is 435 g/mol. The van der Waals surface area contributed by atoms with Crippen LogP contribution < -0.4 is 0 Å². The maximum atomic E-state index is 11.9. The SMILES string of the molecule is C=C[C@@]1(O)C[C@@H]2C[C@H](O)CC[C@]2(C)[C@H]2C[C@H](O)[C@]3(C)[C@@H]([C@H](C)CCC(=O)O)CC[C@H]3[C@@H]21. The van der Waals surface area contributed by atoms with Crippen LogP contribution in [0.15, 0.2) is 12.7 Å². The van der Waals surface area contributed by atoms with Crippen LogP contribution in [-0.4, -0.2) is 44.2 Å². The molecule has 0 aromatic rings. The van der Waals surface area contributed by atoms with E-state index in [1.165, 1.54) is 0 Å². The highest BCUT2D eigenvalue weighted by Gasteiger charge is 2.68. The smallest absolute Gasteiger partial charge is 0.303 e. The molecule has 4 aliphatic carbocycles. The average Bonchev–Trinajstić information content (AvgIpc) is 3.07. The van der Waals surface area contributed by atoms with Crippen molar-refractivity contribution >= 4 is 5.97 Å². The van der Waals surface area contributed by atoms with Crippen LogP contribution >= 0.6 is 0 Å². The van der Waals surface area contributed by atoms with Gasteiger partial charge in [0.1, 0.15) is 0 Å². The maximum absolute atomic E-state index is 11.9. The Hall–Kier alpha value is -0.910. The van der Waals surface area contributed by atoms with Crippen LogP contribution in [0.25, 0.3) is 0 Å². The summed E-state index contributed by atoms with van der Waals surface area (Å²) in [5.74, 6) is 0.443. The summed E-state index contributed by atoms with van der Waals surface area (Å²) in [6, 6.07) is 0. The van der Waals surface area contributed by atoms with E-state index in [0.29, 0.717) is 19.3 Å². The van der Waals surface area contributed by atoms with Gasteiger partial charge in [0.25, 0.3) is 0 Å². The van der Waals surface area contributed by atoms with Gasteiger partial charge < -0.3 is 20.4 Å². The Balaban J connectivity index is 1.69. The summed E-state index contributed by atoms with van der Waals surface area (Å²) >= 11 is 0. The van der Waals surface area contributed by atoms with Crippen molar-refractivity contribution in [2.24, 2.45) is 46.3 Å². The van der Waals surface area contributed by atoms with Crippen molar-refractivity contribution in [3.05, 3.63) is 12.7 Å². The molecule has 4 N–H and O–H groups in total. The standard InChI is InChI=1S/C26H42O5/c1-5-26(31)14-16-12-17(27)10-11-24(16,3)20-13-21(28)25(4)18(7-8-19(25)23(20)26)15(2)6-9-22(29)30/h5,15-21,23,27-28,31H,1,6-14H2,2-4H3,(H,29,30)/t15-,16+,17-,18-,19+,20+,21+,23+,24+,25-,26-/m1/s1. The van der Waals surface area contributed by atoms with E-state index in [1.54, 1.807) is 6.08 Å². The van der Waals surface area contributed by atoms with Gasteiger partial charge in [-0.05, 0) is 97.7 Å². The molecule has 11 atom stereocenters. The lowest BCUT2D eigenvalue weighted by Gasteiger charge is -2.66. The van der Waals surface area contributed by atoms with Crippen molar-refractivity contribution < 1.29 is 25.2 Å². The van der Waals surface area contributed by atoms with Gasteiger partial charge in [0.15, 0.2) is 0 Å². The molecule has 0 aromatic heterocycles. The van der Waals surface area contributed by atoms with Crippen LogP contribution in [0.3, 0.4) is 0 Å². The van der Waals surface area contributed by atoms with Gasteiger partial charge in [0, 0.05) is 6.42 Å². The number of carboxylic acids is 1. The fourth-order valence-electron chi connectivity index (χ4n) is 9.02. The number of fused-ring (bicyclic) bond motifs is 5. The third-order valence-electron chi connectivity index (χ3n) is 10.8. The van der Waals surface area contributed by atoms with E-state index in [2.05, 4.69) is 27.4 Å². The third-order valence-corrected chi connectivity index (χ3v) is 10.8. The molecule has 5 heteroatoms. The Bertz CT molecular complexity index is 723. The predicted octanol–water partition coefficient (Wildman–Crippen LogP) is 4.00. The summed E-state index contributed by atoms with van der Waals surface area (Å²) in [5.41, 5.74) is -1.26. The predicted molar refractivity (Wildman–Crippen MR) is 119 cm³/mol. The molecule has 31 heavy (non-hydrogen) atoms. The number of carbonyl (C=O) groups is 1. The summed E-state index contributed by atoms with van der Waals surface area (Å²) in [4.78, 5) is 11.1. The molecule has 0 unspecified atom stereocenters. The second kappa shape index (κ2) is 7.85. The van der Waals surface area contributed by atoms with Crippen molar-refractivity contribution in [1.29, 1.82) is 0 Å². The highest BCUT2D eigenvalue weighted by atomic mass is 16.4. The topological polar surface area (TPSA) is 98.0 Å². The first kappa shape index (κ1) is 23.3. The molecular formula is C26H42O5. The van der Waals surface area contributed by atoms with E-state index in [-0.39, 0.29) is 58.9 Å². The summed E-state index contributed by atoms with van der Waals surface area (Å²) in [6.07, 6.45) is 7.55. The number of aliphatic carboxylic acids is 1. The van der Waals surface area contributed by atoms with Crippen molar-refractivity contribution in [1.82, 2.24) is 0 Å². The lowest BCUT2D eigenvalue weighted by Crippen LogP contribution is -2.66. The van der Waals surface area contributed by atoms with Crippen LogP contribution in [-0.2, 0) is 4.79 Å².